The zero-order valence-electron chi connectivity index (χ0n) is 30.1. The summed E-state index contributed by atoms with van der Waals surface area (Å²) in [6.45, 7) is 6.31. The molecular formula is C42H72O4. The molecule has 1 aromatic rings. The number of aliphatic hydroxyl groups is 1. The Morgan fingerprint density at radius 1 is 0.543 bits per heavy atom. The summed E-state index contributed by atoms with van der Waals surface area (Å²) in [5, 5.41) is 8.44. The van der Waals surface area contributed by atoms with Crippen LogP contribution in [0.2, 0.25) is 0 Å². The standard InChI is InChI=1S/C36H66O.C6H6O3/c1-3-5-7-9-11-13-15-17-19-21-23-25-27-29-31-33-35-37-36-34-32-30-28-26-24-22-20-18-16-14-12-10-8-6-4-2;7-3-5-1-2-6(4-8)9-5/h11-14,17-20H,3-10,15-16,21-36H2,1-2H3;1-3,8H,4H2/b13-11-,14-12-,19-17-,20-18-;. The molecule has 1 heterocycles. The normalized spacial score (nSPS) is 11.8. The predicted molar refractivity (Wildman–Crippen MR) is 200 cm³/mol. The van der Waals surface area contributed by atoms with Gasteiger partial charge in [-0.1, -0.05) is 140 Å². The summed E-state index contributed by atoms with van der Waals surface area (Å²) in [5.41, 5.74) is 0. The van der Waals surface area contributed by atoms with Gasteiger partial charge in [-0.05, 0) is 89.2 Å². The minimum atomic E-state index is -0.159. The molecular weight excluding hydrogens is 568 g/mol. The zero-order valence-corrected chi connectivity index (χ0v) is 30.1. The van der Waals surface area contributed by atoms with E-state index in [1.165, 1.54) is 147 Å². The predicted octanol–water partition coefficient (Wildman–Crippen LogP) is 13.2. The van der Waals surface area contributed by atoms with Crippen LogP contribution in [0.25, 0.3) is 0 Å². The first kappa shape index (κ1) is 43.8. The van der Waals surface area contributed by atoms with Crippen molar-refractivity contribution in [3.8, 4) is 0 Å². The molecule has 1 rings (SSSR count). The van der Waals surface area contributed by atoms with E-state index in [1.807, 2.05) is 0 Å². The second kappa shape index (κ2) is 39.0. The third-order valence-corrected chi connectivity index (χ3v) is 7.93. The molecule has 0 amide bonds. The second-order valence-electron chi connectivity index (χ2n) is 12.4. The summed E-state index contributed by atoms with van der Waals surface area (Å²) >= 11 is 0. The van der Waals surface area contributed by atoms with Crippen molar-refractivity contribution in [2.75, 3.05) is 13.2 Å². The van der Waals surface area contributed by atoms with Crippen LogP contribution in [-0.2, 0) is 11.3 Å². The average molecular weight is 641 g/mol. The monoisotopic (exact) mass is 641 g/mol. The quantitative estimate of drug-likeness (QED) is 0.0483. The Labute approximate surface area is 284 Å². The fourth-order valence-corrected chi connectivity index (χ4v) is 5.03. The van der Waals surface area contributed by atoms with E-state index in [0.29, 0.717) is 12.0 Å². The molecule has 0 spiro atoms. The first-order valence-corrected chi connectivity index (χ1v) is 19.1. The van der Waals surface area contributed by atoms with Gasteiger partial charge in [0.2, 0.25) is 0 Å². The highest BCUT2D eigenvalue weighted by Crippen LogP contribution is 2.10. The number of rotatable bonds is 32. The van der Waals surface area contributed by atoms with E-state index in [4.69, 9.17) is 14.3 Å². The minimum Gasteiger partial charge on any atom is -0.456 e. The number of unbranched alkanes of at least 4 members (excludes halogenated alkanes) is 18. The van der Waals surface area contributed by atoms with Gasteiger partial charge in [-0.15, -0.1) is 0 Å². The van der Waals surface area contributed by atoms with Crippen LogP contribution in [0.15, 0.2) is 65.2 Å². The van der Waals surface area contributed by atoms with E-state index in [0.717, 1.165) is 26.1 Å². The van der Waals surface area contributed by atoms with Gasteiger partial charge in [-0.2, -0.15) is 0 Å². The molecule has 0 aliphatic rings. The number of ether oxygens (including phenoxy) is 1. The Kier molecular flexibility index (Phi) is 37.2. The highest BCUT2D eigenvalue weighted by atomic mass is 16.5. The zero-order chi connectivity index (χ0) is 33.4. The summed E-state index contributed by atoms with van der Waals surface area (Å²) in [6, 6.07) is 3.07. The highest BCUT2D eigenvalue weighted by molar-refractivity contribution is 5.70. The maximum atomic E-state index is 9.96. The van der Waals surface area contributed by atoms with E-state index >= 15 is 0 Å². The second-order valence-corrected chi connectivity index (χ2v) is 12.4. The third kappa shape index (κ3) is 34.7. The molecule has 1 aromatic heterocycles. The first-order valence-electron chi connectivity index (χ1n) is 19.1. The number of allylic oxidation sites excluding steroid dienone is 8. The van der Waals surface area contributed by atoms with Crippen molar-refractivity contribution in [1.82, 2.24) is 0 Å². The van der Waals surface area contributed by atoms with Gasteiger partial charge in [0.05, 0.1) is 0 Å². The molecule has 4 nitrogen and oxygen atoms in total. The van der Waals surface area contributed by atoms with Gasteiger partial charge in [0.15, 0.2) is 12.0 Å². The van der Waals surface area contributed by atoms with Crippen LogP contribution in [0.1, 0.15) is 184 Å². The van der Waals surface area contributed by atoms with Crippen molar-refractivity contribution < 1.29 is 19.1 Å². The third-order valence-electron chi connectivity index (χ3n) is 7.93. The molecule has 46 heavy (non-hydrogen) atoms. The van der Waals surface area contributed by atoms with Gasteiger partial charge in [0.1, 0.15) is 12.4 Å². The lowest BCUT2D eigenvalue weighted by atomic mass is 10.1. The van der Waals surface area contributed by atoms with Gasteiger partial charge < -0.3 is 14.3 Å². The van der Waals surface area contributed by atoms with Crippen LogP contribution in [0.4, 0.5) is 0 Å². The van der Waals surface area contributed by atoms with Gasteiger partial charge >= 0.3 is 0 Å². The Hall–Kier alpha value is -2.17. The molecule has 0 saturated heterocycles. The fraction of sp³-hybridized carbons (Fsp3) is 0.690. The van der Waals surface area contributed by atoms with Crippen LogP contribution in [0.3, 0.4) is 0 Å². The summed E-state index contributed by atoms with van der Waals surface area (Å²) in [7, 11) is 0. The summed E-state index contributed by atoms with van der Waals surface area (Å²) < 4.78 is 10.6. The SMILES string of the molecule is CCCCC/C=C\C/C=C\CCCCCCCCOCCCCCCCC/C=C\C/C=C\CCCCC.O=Cc1ccc(CO)o1. The molecule has 0 radical (unpaired) electrons. The fourth-order valence-electron chi connectivity index (χ4n) is 5.03. The maximum absolute atomic E-state index is 9.96. The van der Waals surface area contributed by atoms with Gasteiger partial charge in [0, 0.05) is 13.2 Å². The minimum absolute atomic E-state index is 0.159. The van der Waals surface area contributed by atoms with Crippen LogP contribution < -0.4 is 0 Å². The Morgan fingerprint density at radius 2 is 0.935 bits per heavy atom. The van der Waals surface area contributed by atoms with Crippen LogP contribution >= 0.6 is 0 Å². The molecule has 0 aliphatic carbocycles. The molecule has 0 atom stereocenters. The van der Waals surface area contributed by atoms with Gasteiger partial charge in [-0.25, -0.2) is 0 Å². The smallest absolute Gasteiger partial charge is 0.185 e. The molecule has 264 valence electrons. The number of furan rings is 1. The van der Waals surface area contributed by atoms with E-state index < -0.39 is 0 Å². The van der Waals surface area contributed by atoms with Gasteiger partial charge in [-0.3, -0.25) is 4.79 Å². The van der Waals surface area contributed by atoms with E-state index in [9.17, 15) is 4.79 Å². The summed E-state index contributed by atoms with van der Waals surface area (Å²) in [4.78, 5) is 9.96. The molecule has 1 N–H and O–H groups in total. The number of hydrogen-bond acceptors (Lipinski definition) is 4. The van der Waals surface area contributed by atoms with E-state index in [1.54, 1.807) is 6.07 Å². The lowest BCUT2D eigenvalue weighted by molar-refractivity contribution is 0.109. The Balaban J connectivity index is 0.00000191. The van der Waals surface area contributed by atoms with Crippen molar-refractivity contribution >= 4 is 6.29 Å². The summed E-state index contributed by atoms with van der Waals surface area (Å²) in [6.07, 6.45) is 50.8. The van der Waals surface area contributed by atoms with Crippen LogP contribution in [0, 0.1) is 0 Å². The van der Waals surface area contributed by atoms with Crippen molar-refractivity contribution in [2.45, 2.75) is 175 Å². The van der Waals surface area contributed by atoms with Crippen molar-refractivity contribution in [2.24, 2.45) is 0 Å². The molecule has 0 unspecified atom stereocenters. The Bertz CT molecular complexity index is 802. The first-order chi connectivity index (χ1) is 22.8. The van der Waals surface area contributed by atoms with Crippen molar-refractivity contribution in [3.63, 3.8) is 0 Å². The molecule has 4 heteroatoms. The van der Waals surface area contributed by atoms with Crippen molar-refractivity contribution in [3.05, 3.63) is 72.3 Å². The maximum Gasteiger partial charge on any atom is 0.185 e. The largest absolute Gasteiger partial charge is 0.456 e. The number of carbonyl (C=O) groups excluding carboxylic acids is 1. The lowest BCUT2D eigenvalue weighted by Gasteiger charge is -2.05. The number of hydrogen-bond donors (Lipinski definition) is 1. The topological polar surface area (TPSA) is 59.7 Å². The molecule has 0 saturated carbocycles. The summed E-state index contributed by atoms with van der Waals surface area (Å²) in [5.74, 6) is 0.663. The Morgan fingerprint density at radius 3 is 1.28 bits per heavy atom. The lowest BCUT2D eigenvalue weighted by Crippen LogP contribution is -1.97. The van der Waals surface area contributed by atoms with E-state index in [-0.39, 0.29) is 12.4 Å². The number of aldehydes is 1. The van der Waals surface area contributed by atoms with Crippen LogP contribution in [0.5, 0.6) is 0 Å². The number of aliphatic hydroxyl groups excluding tert-OH is 1. The molecule has 0 aliphatic heterocycles. The molecule has 0 fully saturated rings. The van der Waals surface area contributed by atoms with E-state index in [2.05, 4.69) is 62.5 Å². The molecule has 0 bridgehead atoms. The molecule has 0 aromatic carbocycles. The highest BCUT2D eigenvalue weighted by Gasteiger charge is 1.97. The average Bonchev–Trinajstić information content (AvgIpc) is 3.56. The van der Waals surface area contributed by atoms with Crippen LogP contribution in [-0.4, -0.2) is 24.6 Å². The number of carbonyl (C=O) groups is 1. The van der Waals surface area contributed by atoms with Crippen molar-refractivity contribution in [1.29, 1.82) is 0 Å². The van der Waals surface area contributed by atoms with Gasteiger partial charge in [0.25, 0.3) is 0 Å².